The molecule has 2 aromatic carbocycles. The van der Waals surface area contributed by atoms with Gasteiger partial charge in [-0.1, -0.05) is 23.5 Å². The molecule has 0 atom stereocenters. The molecule has 0 saturated carbocycles. The summed E-state index contributed by atoms with van der Waals surface area (Å²) >= 11 is 1.23. The van der Waals surface area contributed by atoms with Crippen molar-refractivity contribution in [1.29, 1.82) is 0 Å². The zero-order valence-corrected chi connectivity index (χ0v) is 24.7. The molecule has 1 fully saturated rings. The number of sulfonamides is 1. The lowest BCUT2D eigenvalue weighted by atomic mass is 10.2. The summed E-state index contributed by atoms with van der Waals surface area (Å²) in [5, 5.41) is 0.429. The van der Waals surface area contributed by atoms with Gasteiger partial charge in [-0.2, -0.15) is 4.31 Å². The first-order chi connectivity index (χ1) is 19.0. The second-order valence-corrected chi connectivity index (χ2v) is 14.2. The third kappa shape index (κ3) is 6.85. The third-order valence-electron chi connectivity index (χ3n) is 6.40. The highest BCUT2D eigenvalue weighted by atomic mass is 32.2. The molecule has 0 radical (unpaired) electrons. The van der Waals surface area contributed by atoms with Crippen LogP contribution in [0.2, 0.25) is 0 Å². The van der Waals surface area contributed by atoms with E-state index in [1.54, 1.807) is 17.0 Å². The van der Waals surface area contributed by atoms with Gasteiger partial charge in [-0.25, -0.2) is 21.8 Å². The van der Waals surface area contributed by atoms with Crippen LogP contribution in [-0.4, -0.2) is 95.7 Å². The fourth-order valence-electron chi connectivity index (χ4n) is 4.22. The van der Waals surface area contributed by atoms with Crippen LogP contribution in [0.1, 0.15) is 10.4 Å². The van der Waals surface area contributed by atoms with Crippen molar-refractivity contribution in [3.8, 4) is 0 Å². The first-order valence-corrected chi connectivity index (χ1v) is 16.7. The topological polar surface area (TPSA) is 117 Å². The number of morpholine rings is 1. The van der Waals surface area contributed by atoms with Crippen molar-refractivity contribution in [3.63, 3.8) is 0 Å². The summed E-state index contributed by atoms with van der Waals surface area (Å²) < 4.78 is 57.6. The lowest BCUT2D eigenvalue weighted by molar-refractivity contribution is 0.0391. The maximum atomic E-state index is 13.8. The van der Waals surface area contributed by atoms with Crippen molar-refractivity contribution >= 4 is 52.5 Å². The SMILES string of the molecule is C=CCN(CC=C)S(=O)(=O)c1ccc(C(=O)N(CCN2CCOCC2)c2nc3ccc(S(C)(=O)=O)cc3s2)cc1. The molecule has 1 aliphatic heterocycles. The smallest absolute Gasteiger partial charge is 0.260 e. The quantitative estimate of drug-likeness (QED) is 0.290. The van der Waals surface area contributed by atoms with Crippen LogP contribution >= 0.6 is 11.3 Å². The van der Waals surface area contributed by atoms with E-state index < -0.39 is 19.9 Å². The summed E-state index contributed by atoms with van der Waals surface area (Å²) in [5.41, 5.74) is 0.888. The number of thiazole rings is 1. The predicted molar refractivity (Wildman–Crippen MR) is 157 cm³/mol. The molecular weight excluding hydrogens is 573 g/mol. The minimum absolute atomic E-state index is 0.0564. The Morgan fingerprint density at radius 1 is 1.02 bits per heavy atom. The largest absolute Gasteiger partial charge is 0.379 e. The number of ether oxygens (including phenoxy) is 1. The Morgan fingerprint density at radius 2 is 1.65 bits per heavy atom. The lowest BCUT2D eigenvalue weighted by Gasteiger charge is -2.29. The molecule has 0 unspecified atom stereocenters. The van der Waals surface area contributed by atoms with Crippen LogP contribution in [-0.2, 0) is 24.6 Å². The number of carbonyl (C=O) groups excluding carboxylic acids is 1. The molecule has 0 spiro atoms. The van der Waals surface area contributed by atoms with Gasteiger partial charge in [0.25, 0.3) is 5.91 Å². The number of sulfone groups is 1. The Labute approximate surface area is 239 Å². The fraction of sp³-hybridized carbons (Fsp3) is 0.333. The molecule has 0 bridgehead atoms. The van der Waals surface area contributed by atoms with Crippen LogP contribution in [0.3, 0.4) is 0 Å². The predicted octanol–water partition coefficient (Wildman–Crippen LogP) is 3.04. The number of anilines is 1. The summed E-state index contributed by atoms with van der Waals surface area (Å²) in [6.45, 7) is 11.2. The van der Waals surface area contributed by atoms with E-state index in [2.05, 4.69) is 23.0 Å². The first kappa shape index (κ1) is 30.0. The highest BCUT2D eigenvalue weighted by Crippen LogP contribution is 2.31. The van der Waals surface area contributed by atoms with Crippen LogP contribution in [0.15, 0.2) is 77.6 Å². The van der Waals surface area contributed by atoms with Gasteiger partial charge < -0.3 is 4.74 Å². The number of carbonyl (C=O) groups is 1. The molecule has 1 aromatic heterocycles. The first-order valence-electron chi connectivity index (χ1n) is 12.6. The lowest BCUT2D eigenvalue weighted by Crippen LogP contribution is -2.43. The maximum absolute atomic E-state index is 13.8. The van der Waals surface area contributed by atoms with E-state index in [1.165, 1.54) is 58.1 Å². The summed E-state index contributed by atoms with van der Waals surface area (Å²) in [4.78, 5) is 22.4. The molecule has 4 rings (SSSR count). The summed E-state index contributed by atoms with van der Waals surface area (Å²) in [6.07, 6.45) is 4.15. The molecule has 1 saturated heterocycles. The molecule has 3 aromatic rings. The van der Waals surface area contributed by atoms with Gasteiger partial charge in [-0.15, -0.1) is 13.2 Å². The van der Waals surface area contributed by atoms with Gasteiger partial charge in [-0.3, -0.25) is 14.6 Å². The van der Waals surface area contributed by atoms with Gasteiger partial charge in [-0.05, 0) is 42.5 Å². The average molecular weight is 605 g/mol. The van der Waals surface area contributed by atoms with Crippen molar-refractivity contribution in [1.82, 2.24) is 14.2 Å². The average Bonchev–Trinajstić information content (AvgIpc) is 3.36. The zero-order chi connectivity index (χ0) is 28.9. The second-order valence-electron chi connectivity index (χ2n) is 9.23. The summed E-state index contributed by atoms with van der Waals surface area (Å²) in [5.74, 6) is -0.339. The summed E-state index contributed by atoms with van der Waals surface area (Å²) in [7, 11) is -7.21. The maximum Gasteiger partial charge on any atom is 0.260 e. The van der Waals surface area contributed by atoms with Gasteiger partial charge in [0.05, 0.1) is 33.2 Å². The molecule has 13 heteroatoms. The normalized spacial score (nSPS) is 14.8. The van der Waals surface area contributed by atoms with Crippen molar-refractivity contribution in [2.24, 2.45) is 0 Å². The molecule has 40 heavy (non-hydrogen) atoms. The standard InChI is InChI=1S/C27H32N4O6S3/c1-4-12-30(13-5-2)40(35,36)22-8-6-21(7-9-22)26(32)31(15-14-29-16-18-37-19-17-29)27-28-24-11-10-23(39(3,33)34)20-25(24)38-27/h4-11,20H,1-2,12-19H2,3H3. The molecule has 1 aliphatic rings. The van der Waals surface area contributed by atoms with E-state index in [1.807, 2.05) is 0 Å². The Morgan fingerprint density at radius 3 is 2.25 bits per heavy atom. The number of hydrogen-bond donors (Lipinski definition) is 0. The minimum Gasteiger partial charge on any atom is -0.379 e. The van der Waals surface area contributed by atoms with Crippen LogP contribution in [0, 0.1) is 0 Å². The third-order valence-corrected chi connectivity index (χ3v) is 10.4. The molecule has 2 heterocycles. The Kier molecular flexibility index (Phi) is 9.54. The van der Waals surface area contributed by atoms with E-state index >= 15 is 0 Å². The number of hydrogen-bond acceptors (Lipinski definition) is 9. The zero-order valence-electron chi connectivity index (χ0n) is 22.2. The van der Waals surface area contributed by atoms with Gasteiger partial charge in [0.1, 0.15) is 0 Å². The summed E-state index contributed by atoms with van der Waals surface area (Å²) in [6, 6.07) is 10.5. The van der Waals surface area contributed by atoms with Gasteiger partial charge in [0, 0.05) is 51.1 Å². The van der Waals surface area contributed by atoms with Crippen LogP contribution in [0.25, 0.3) is 10.2 Å². The van der Waals surface area contributed by atoms with Crippen LogP contribution in [0.4, 0.5) is 5.13 Å². The van der Waals surface area contributed by atoms with E-state index in [0.717, 1.165) is 19.3 Å². The number of amides is 1. The number of rotatable bonds is 12. The van der Waals surface area contributed by atoms with E-state index in [0.29, 0.717) is 47.2 Å². The number of nitrogens with zero attached hydrogens (tertiary/aromatic N) is 4. The minimum atomic E-state index is -3.81. The van der Waals surface area contributed by atoms with Crippen molar-refractivity contribution < 1.29 is 26.4 Å². The number of fused-ring (bicyclic) bond motifs is 1. The van der Waals surface area contributed by atoms with E-state index in [4.69, 9.17) is 4.74 Å². The van der Waals surface area contributed by atoms with Crippen molar-refractivity contribution in [2.45, 2.75) is 9.79 Å². The Bertz CT molecular complexity index is 1580. The molecule has 0 aliphatic carbocycles. The molecule has 0 N–H and O–H groups in total. The van der Waals surface area contributed by atoms with E-state index in [-0.39, 0.29) is 28.8 Å². The van der Waals surface area contributed by atoms with Gasteiger partial charge >= 0.3 is 0 Å². The molecule has 214 valence electrons. The Balaban J connectivity index is 1.65. The van der Waals surface area contributed by atoms with Crippen LogP contribution in [0.5, 0.6) is 0 Å². The van der Waals surface area contributed by atoms with Crippen molar-refractivity contribution in [3.05, 3.63) is 73.3 Å². The molecule has 1 amide bonds. The van der Waals surface area contributed by atoms with Crippen LogP contribution < -0.4 is 4.90 Å². The highest BCUT2D eigenvalue weighted by Gasteiger charge is 2.26. The van der Waals surface area contributed by atoms with Crippen molar-refractivity contribution in [2.75, 3.05) is 63.6 Å². The van der Waals surface area contributed by atoms with E-state index in [9.17, 15) is 21.6 Å². The molecular formula is C27H32N4O6S3. The highest BCUT2D eigenvalue weighted by molar-refractivity contribution is 7.90. The number of benzene rings is 2. The van der Waals surface area contributed by atoms with Gasteiger partial charge in [0.15, 0.2) is 15.0 Å². The monoisotopic (exact) mass is 604 g/mol. The molecule has 10 nitrogen and oxygen atoms in total. The second kappa shape index (κ2) is 12.7. The number of aromatic nitrogens is 1. The van der Waals surface area contributed by atoms with Gasteiger partial charge in [0.2, 0.25) is 10.0 Å². The fourth-order valence-corrected chi connectivity index (χ4v) is 7.35. The Hall–Kier alpha value is -2.94.